The Morgan fingerprint density at radius 1 is 0.892 bits per heavy atom. The lowest BCUT2D eigenvalue weighted by molar-refractivity contribution is -0.120. The van der Waals surface area contributed by atoms with E-state index in [9.17, 15) is 4.79 Å². The predicted octanol–water partition coefficient (Wildman–Crippen LogP) is 5.89. The van der Waals surface area contributed by atoms with Crippen molar-refractivity contribution in [3.8, 4) is 11.5 Å². The van der Waals surface area contributed by atoms with Crippen LogP contribution < -0.4 is 14.8 Å². The van der Waals surface area contributed by atoms with E-state index in [2.05, 4.69) is 28.1 Å². The van der Waals surface area contributed by atoms with Gasteiger partial charge in [-0.05, 0) is 61.6 Å². The molecular formula is C31H37N3O3. The number of rotatable bonds is 14. The molecule has 0 radical (unpaired) electrons. The predicted molar refractivity (Wildman–Crippen MR) is 148 cm³/mol. The van der Waals surface area contributed by atoms with Crippen LogP contribution in [0, 0.1) is 6.92 Å². The van der Waals surface area contributed by atoms with Gasteiger partial charge in [0, 0.05) is 19.5 Å². The van der Waals surface area contributed by atoms with Gasteiger partial charge in [-0.1, -0.05) is 55.0 Å². The van der Waals surface area contributed by atoms with Gasteiger partial charge in [0.2, 0.25) is 5.91 Å². The Hall–Kier alpha value is -3.80. The lowest BCUT2D eigenvalue weighted by atomic mass is 10.1. The highest BCUT2D eigenvalue weighted by Crippen LogP contribution is 2.26. The summed E-state index contributed by atoms with van der Waals surface area (Å²) < 4.78 is 13.7. The number of aromatic nitrogens is 2. The van der Waals surface area contributed by atoms with Gasteiger partial charge >= 0.3 is 0 Å². The highest BCUT2D eigenvalue weighted by Gasteiger charge is 2.11. The van der Waals surface area contributed by atoms with Crippen molar-refractivity contribution in [2.45, 2.75) is 52.0 Å². The second-order valence-electron chi connectivity index (χ2n) is 9.29. The molecule has 4 aromatic rings. The molecule has 194 valence electrons. The Kier molecular flexibility index (Phi) is 9.58. The summed E-state index contributed by atoms with van der Waals surface area (Å²) in [5.74, 6) is 2.72. The van der Waals surface area contributed by atoms with Crippen molar-refractivity contribution in [1.82, 2.24) is 14.9 Å². The van der Waals surface area contributed by atoms with Gasteiger partial charge in [-0.25, -0.2) is 4.98 Å². The van der Waals surface area contributed by atoms with Crippen molar-refractivity contribution < 1.29 is 14.3 Å². The van der Waals surface area contributed by atoms with Gasteiger partial charge in [0.25, 0.3) is 0 Å². The maximum Gasteiger partial charge on any atom is 0.224 e. The van der Waals surface area contributed by atoms with Crippen LogP contribution >= 0.6 is 0 Å². The number of aryl methyl sites for hydroxylation is 3. The highest BCUT2D eigenvalue weighted by molar-refractivity contribution is 5.78. The van der Waals surface area contributed by atoms with Gasteiger partial charge in [0.1, 0.15) is 5.82 Å². The number of unbranched alkanes of at least 4 members (excludes halogenated alkanes) is 2. The summed E-state index contributed by atoms with van der Waals surface area (Å²) in [5, 5.41) is 3.06. The van der Waals surface area contributed by atoms with E-state index < -0.39 is 0 Å². The number of para-hydroxylation sites is 4. The van der Waals surface area contributed by atoms with E-state index in [1.807, 2.05) is 61.5 Å². The summed E-state index contributed by atoms with van der Waals surface area (Å²) in [6.45, 7) is 4.21. The number of fused-ring (bicyclic) bond motifs is 1. The van der Waals surface area contributed by atoms with E-state index >= 15 is 0 Å². The summed E-state index contributed by atoms with van der Waals surface area (Å²) in [6.07, 6.45) is 5.28. The first-order chi connectivity index (χ1) is 18.2. The van der Waals surface area contributed by atoms with Crippen LogP contribution in [0.2, 0.25) is 0 Å². The molecule has 0 spiro atoms. The first-order valence-corrected chi connectivity index (χ1v) is 13.2. The van der Waals surface area contributed by atoms with Crippen LogP contribution in [-0.4, -0.2) is 35.7 Å². The summed E-state index contributed by atoms with van der Waals surface area (Å²) >= 11 is 0. The average molecular weight is 500 g/mol. The largest absolute Gasteiger partial charge is 0.493 e. The lowest BCUT2D eigenvalue weighted by Crippen LogP contribution is -2.26. The lowest BCUT2D eigenvalue weighted by Gasteiger charge is -2.12. The number of carbonyl (C=O) groups is 1. The summed E-state index contributed by atoms with van der Waals surface area (Å²) in [6, 6.07) is 24.1. The maximum atomic E-state index is 12.3. The Bertz CT molecular complexity index is 1300. The minimum atomic E-state index is 0.0893. The standard InChI is InChI=1S/C31H37N3O3/c1-24-13-5-6-14-25(24)23-31(35)32-20-11-3-4-19-30-33-26-15-7-8-16-27(26)34(30)21-12-22-37-29-18-10-9-17-28(29)36-2/h5-10,13-18H,3-4,11-12,19-23H2,1-2H3,(H,32,35). The quantitative estimate of drug-likeness (QED) is 0.220. The SMILES string of the molecule is COc1ccccc1OCCCn1c(CCCCCNC(=O)Cc2ccccc2C)nc2ccccc21. The molecule has 0 aliphatic carbocycles. The van der Waals surface area contributed by atoms with Gasteiger partial charge in [0.05, 0.1) is 31.2 Å². The highest BCUT2D eigenvalue weighted by atomic mass is 16.5. The third-order valence-electron chi connectivity index (χ3n) is 6.60. The molecule has 0 saturated carbocycles. The van der Waals surface area contributed by atoms with Crippen LogP contribution in [0.4, 0.5) is 0 Å². The smallest absolute Gasteiger partial charge is 0.224 e. The van der Waals surface area contributed by atoms with Crippen molar-refractivity contribution in [2.75, 3.05) is 20.3 Å². The van der Waals surface area contributed by atoms with Gasteiger partial charge in [-0.3, -0.25) is 4.79 Å². The molecule has 0 bridgehead atoms. The van der Waals surface area contributed by atoms with Crippen molar-refractivity contribution >= 4 is 16.9 Å². The Morgan fingerprint density at radius 2 is 1.65 bits per heavy atom. The Morgan fingerprint density at radius 3 is 2.49 bits per heavy atom. The molecule has 6 heteroatoms. The van der Waals surface area contributed by atoms with Gasteiger partial charge in [-0.2, -0.15) is 0 Å². The van der Waals surface area contributed by atoms with Gasteiger partial charge in [-0.15, -0.1) is 0 Å². The normalized spacial score (nSPS) is 11.0. The third kappa shape index (κ3) is 7.35. The zero-order valence-corrected chi connectivity index (χ0v) is 21.9. The van der Waals surface area contributed by atoms with Crippen LogP contribution in [-0.2, 0) is 24.2 Å². The van der Waals surface area contributed by atoms with Crippen molar-refractivity contribution in [3.63, 3.8) is 0 Å². The second-order valence-corrected chi connectivity index (χ2v) is 9.29. The fraction of sp³-hybridized carbons (Fsp3) is 0.355. The Labute approximate surface area is 219 Å². The fourth-order valence-corrected chi connectivity index (χ4v) is 4.57. The fourth-order valence-electron chi connectivity index (χ4n) is 4.57. The number of nitrogens with one attached hydrogen (secondary N) is 1. The van der Waals surface area contributed by atoms with Crippen LogP contribution in [0.25, 0.3) is 11.0 Å². The number of carbonyl (C=O) groups excluding carboxylic acids is 1. The number of amides is 1. The number of imidazole rings is 1. The zero-order chi connectivity index (χ0) is 25.9. The molecule has 37 heavy (non-hydrogen) atoms. The Balaban J connectivity index is 1.23. The second kappa shape index (κ2) is 13.5. The molecule has 1 aromatic heterocycles. The molecule has 4 rings (SSSR count). The van der Waals surface area contributed by atoms with E-state index in [-0.39, 0.29) is 5.91 Å². The first kappa shape index (κ1) is 26.3. The number of ether oxygens (including phenoxy) is 2. The average Bonchev–Trinajstić information content (AvgIpc) is 3.27. The topological polar surface area (TPSA) is 65.4 Å². The molecule has 1 amide bonds. The van der Waals surface area contributed by atoms with Crippen LogP contribution in [0.15, 0.2) is 72.8 Å². The molecule has 0 atom stereocenters. The summed E-state index contributed by atoms with van der Waals surface area (Å²) in [5.41, 5.74) is 4.45. The van der Waals surface area contributed by atoms with E-state index in [1.54, 1.807) is 7.11 Å². The summed E-state index contributed by atoms with van der Waals surface area (Å²) in [4.78, 5) is 17.2. The number of hydrogen-bond acceptors (Lipinski definition) is 4. The van der Waals surface area contributed by atoms with E-state index in [4.69, 9.17) is 14.5 Å². The van der Waals surface area contributed by atoms with Gasteiger partial charge < -0.3 is 19.4 Å². The minimum absolute atomic E-state index is 0.0893. The van der Waals surface area contributed by atoms with Crippen LogP contribution in [0.5, 0.6) is 11.5 Å². The molecule has 6 nitrogen and oxygen atoms in total. The molecule has 3 aromatic carbocycles. The molecule has 1 heterocycles. The molecule has 1 N–H and O–H groups in total. The van der Waals surface area contributed by atoms with Crippen LogP contribution in [0.1, 0.15) is 42.6 Å². The monoisotopic (exact) mass is 499 g/mol. The molecule has 0 unspecified atom stereocenters. The molecule has 0 saturated heterocycles. The van der Waals surface area contributed by atoms with Gasteiger partial charge in [0.15, 0.2) is 11.5 Å². The molecule has 0 fully saturated rings. The maximum absolute atomic E-state index is 12.3. The zero-order valence-electron chi connectivity index (χ0n) is 21.9. The van der Waals surface area contributed by atoms with Crippen molar-refractivity contribution in [2.24, 2.45) is 0 Å². The number of nitrogens with zero attached hydrogens (tertiary/aromatic N) is 2. The molecular weight excluding hydrogens is 462 g/mol. The minimum Gasteiger partial charge on any atom is -0.493 e. The van der Waals surface area contributed by atoms with E-state index in [0.29, 0.717) is 19.6 Å². The van der Waals surface area contributed by atoms with Crippen molar-refractivity contribution in [1.29, 1.82) is 0 Å². The van der Waals surface area contributed by atoms with Crippen molar-refractivity contribution in [3.05, 3.63) is 89.7 Å². The summed E-state index contributed by atoms with van der Waals surface area (Å²) in [7, 11) is 1.66. The van der Waals surface area contributed by atoms with Crippen LogP contribution in [0.3, 0.4) is 0 Å². The van der Waals surface area contributed by atoms with E-state index in [1.165, 1.54) is 5.52 Å². The molecule has 0 aliphatic rings. The third-order valence-corrected chi connectivity index (χ3v) is 6.60. The number of benzene rings is 3. The number of methoxy groups -OCH3 is 1. The van der Waals surface area contributed by atoms with E-state index in [0.717, 1.165) is 72.6 Å². The number of hydrogen-bond donors (Lipinski definition) is 1. The molecule has 0 aliphatic heterocycles. The first-order valence-electron chi connectivity index (χ1n) is 13.2.